The first-order valence-electron chi connectivity index (χ1n) is 11.1. The minimum atomic E-state index is -0.546. The lowest BCUT2D eigenvalue weighted by atomic mass is 10.1. The molecule has 0 aliphatic rings. The van der Waals surface area contributed by atoms with Crippen LogP contribution < -0.4 is 21.2 Å². The predicted molar refractivity (Wildman–Crippen MR) is 136 cm³/mol. The number of aryl methyl sites for hydroxylation is 3. The summed E-state index contributed by atoms with van der Waals surface area (Å²) in [5.74, 6) is 0.0209. The molecule has 0 spiro atoms. The molecule has 0 radical (unpaired) electrons. The monoisotopic (exact) mass is 504 g/mol. The number of carbonyl (C=O) groups excluding carboxylic acids is 2. The van der Waals surface area contributed by atoms with Crippen molar-refractivity contribution >= 4 is 34.5 Å². The molecule has 0 unspecified atom stereocenters. The number of amides is 2. The minimum absolute atomic E-state index is 0.335. The van der Waals surface area contributed by atoms with Crippen molar-refractivity contribution in [2.45, 2.75) is 31.7 Å². The number of aromatic nitrogens is 2. The molecular formula is C26H24N4O5S. The highest BCUT2D eigenvalue weighted by molar-refractivity contribution is 7.98. The number of carbonyl (C=O) groups is 2. The Hall–Kier alpha value is -4.18. The van der Waals surface area contributed by atoms with E-state index in [-0.39, 0.29) is 6.61 Å². The Balaban J connectivity index is 1.25. The Morgan fingerprint density at radius 1 is 0.944 bits per heavy atom. The molecule has 2 aromatic carbocycles. The number of benzene rings is 2. The van der Waals surface area contributed by atoms with E-state index in [9.17, 15) is 14.4 Å². The Morgan fingerprint density at radius 2 is 1.67 bits per heavy atom. The highest BCUT2D eigenvalue weighted by Gasteiger charge is 2.10. The van der Waals surface area contributed by atoms with Gasteiger partial charge in [-0.2, -0.15) is 0 Å². The molecule has 2 heterocycles. The number of hydrazine groups is 1. The predicted octanol–water partition coefficient (Wildman–Crippen LogP) is 3.64. The molecule has 4 rings (SSSR count). The largest absolute Gasteiger partial charge is 0.484 e. The van der Waals surface area contributed by atoms with Crippen LogP contribution >= 0.6 is 11.8 Å². The molecule has 2 amide bonds. The van der Waals surface area contributed by atoms with Gasteiger partial charge in [0.2, 0.25) is 0 Å². The van der Waals surface area contributed by atoms with Crippen LogP contribution in [0.4, 0.5) is 0 Å². The minimum Gasteiger partial charge on any atom is -0.484 e. The van der Waals surface area contributed by atoms with Gasteiger partial charge in [-0.1, -0.05) is 23.9 Å². The number of thioether (sulfide) groups is 1. The van der Waals surface area contributed by atoms with E-state index < -0.39 is 17.4 Å². The fourth-order valence-corrected chi connectivity index (χ4v) is 4.34. The number of fused-ring (bicyclic) bond motifs is 1. The summed E-state index contributed by atoms with van der Waals surface area (Å²) in [6, 6.07) is 15.3. The van der Waals surface area contributed by atoms with Gasteiger partial charge in [-0.15, -0.1) is 0 Å². The molecule has 2 N–H and O–H groups in total. The Morgan fingerprint density at radius 3 is 2.39 bits per heavy atom. The quantitative estimate of drug-likeness (QED) is 0.169. The maximum Gasteiger partial charge on any atom is 0.336 e. The zero-order chi connectivity index (χ0) is 25.7. The Kier molecular flexibility index (Phi) is 7.65. The van der Waals surface area contributed by atoms with Crippen molar-refractivity contribution in [2.75, 3.05) is 6.61 Å². The van der Waals surface area contributed by atoms with Gasteiger partial charge >= 0.3 is 5.63 Å². The van der Waals surface area contributed by atoms with E-state index >= 15 is 0 Å². The smallest absolute Gasteiger partial charge is 0.336 e. The summed E-state index contributed by atoms with van der Waals surface area (Å²) < 4.78 is 10.6. The molecule has 0 bridgehead atoms. The van der Waals surface area contributed by atoms with Gasteiger partial charge in [0.1, 0.15) is 11.3 Å². The maximum absolute atomic E-state index is 12.4. The first-order chi connectivity index (χ1) is 17.3. The van der Waals surface area contributed by atoms with Crippen LogP contribution in [0.5, 0.6) is 5.75 Å². The van der Waals surface area contributed by atoms with Gasteiger partial charge in [-0.3, -0.25) is 20.4 Å². The molecular weight excluding hydrogens is 480 g/mol. The molecule has 0 aliphatic heterocycles. The van der Waals surface area contributed by atoms with Gasteiger partial charge in [0.15, 0.2) is 11.8 Å². The normalized spacial score (nSPS) is 10.8. The fourth-order valence-electron chi connectivity index (χ4n) is 3.44. The van der Waals surface area contributed by atoms with Crippen LogP contribution in [0.1, 0.15) is 32.9 Å². The molecule has 0 aliphatic carbocycles. The average Bonchev–Trinajstić information content (AvgIpc) is 2.84. The SMILES string of the molecule is Cc1cc(C)nc(SCc2ccc(C(=O)NNC(=O)COc3ccc4c(C)cc(=O)oc4c3)cc2)n1. The molecule has 0 saturated carbocycles. The van der Waals surface area contributed by atoms with E-state index in [2.05, 4.69) is 20.8 Å². The second-order valence-electron chi connectivity index (χ2n) is 8.12. The number of hydrogen-bond acceptors (Lipinski definition) is 8. The number of nitrogens with one attached hydrogen (secondary N) is 2. The first-order valence-corrected chi connectivity index (χ1v) is 12.1. The standard InChI is InChI=1S/C26H24N4O5S/c1-15-10-24(32)35-22-12-20(8-9-21(15)22)34-13-23(31)29-30-25(33)19-6-4-18(5-7-19)14-36-26-27-16(2)11-17(3)28-26/h4-12H,13-14H2,1-3H3,(H,29,31)(H,30,33). The lowest BCUT2D eigenvalue weighted by Crippen LogP contribution is -2.43. The third-order valence-corrected chi connectivity index (χ3v) is 6.07. The Labute approximate surface area is 211 Å². The molecule has 4 aromatic rings. The third kappa shape index (κ3) is 6.48. The average molecular weight is 505 g/mol. The van der Waals surface area contributed by atoms with E-state index in [0.717, 1.165) is 27.9 Å². The molecule has 0 fully saturated rings. The number of nitrogens with zero attached hydrogens (tertiary/aromatic N) is 2. The second kappa shape index (κ2) is 11.0. The van der Waals surface area contributed by atoms with Crippen LogP contribution in [0.15, 0.2) is 69.0 Å². The molecule has 10 heteroatoms. The van der Waals surface area contributed by atoms with Gasteiger partial charge in [0, 0.05) is 40.2 Å². The van der Waals surface area contributed by atoms with E-state index in [1.807, 2.05) is 39.0 Å². The summed E-state index contributed by atoms with van der Waals surface area (Å²) >= 11 is 1.52. The summed E-state index contributed by atoms with van der Waals surface area (Å²) in [6.07, 6.45) is 0. The van der Waals surface area contributed by atoms with E-state index in [1.165, 1.54) is 17.8 Å². The number of ether oxygens (including phenoxy) is 1. The summed E-state index contributed by atoms with van der Waals surface area (Å²) in [6.45, 7) is 5.34. The molecule has 36 heavy (non-hydrogen) atoms. The van der Waals surface area contributed by atoms with E-state index in [0.29, 0.717) is 27.8 Å². The van der Waals surface area contributed by atoms with Gasteiger partial charge in [0.25, 0.3) is 11.8 Å². The van der Waals surface area contributed by atoms with Crippen molar-refractivity contribution in [3.63, 3.8) is 0 Å². The van der Waals surface area contributed by atoms with Crippen LogP contribution in [0.3, 0.4) is 0 Å². The fraction of sp³-hybridized carbons (Fsp3) is 0.192. The molecule has 0 atom stereocenters. The van der Waals surface area contributed by atoms with Crippen LogP contribution in [0, 0.1) is 20.8 Å². The van der Waals surface area contributed by atoms with Crippen LogP contribution in [-0.4, -0.2) is 28.4 Å². The van der Waals surface area contributed by atoms with Crippen molar-refractivity contribution < 1.29 is 18.7 Å². The zero-order valence-corrected chi connectivity index (χ0v) is 20.8. The zero-order valence-electron chi connectivity index (χ0n) is 20.0. The van der Waals surface area contributed by atoms with Crippen LogP contribution in [0.2, 0.25) is 0 Å². The lowest BCUT2D eigenvalue weighted by Gasteiger charge is -2.10. The first kappa shape index (κ1) is 24.9. The Bertz CT molecular complexity index is 1460. The van der Waals surface area contributed by atoms with Crippen molar-refractivity contribution in [3.05, 3.63) is 93.1 Å². The van der Waals surface area contributed by atoms with E-state index in [1.54, 1.807) is 30.3 Å². The van der Waals surface area contributed by atoms with Gasteiger partial charge in [-0.25, -0.2) is 14.8 Å². The van der Waals surface area contributed by atoms with Crippen molar-refractivity contribution in [1.29, 1.82) is 0 Å². The van der Waals surface area contributed by atoms with Gasteiger partial charge in [0.05, 0.1) is 0 Å². The summed E-state index contributed by atoms with van der Waals surface area (Å²) in [4.78, 5) is 44.9. The lowest BCUT2D eigenvalue weighted by molar-refractivity contribution is -0.123. The highest BCUT2D eigenvalue weighted by atomic mass is 32.2. The molecule has 2 aromatic heterocycles. The third-order valence-electron chi connectivity index (χ3n) is 5.15. The summed E-state index contributed by atoms with van der Waals surface area (Å²) in [7, 11) is 0. The summed E-state index contributed by atoms with van der Waals surface area (Å²) in [5, 5.41) is 1.49. The molecule has 0 saturated heterocycles. The number of rotatable bonds is 7. The summed E-state index contributed by atoms with van der Waals surface area (Å²) in [5.41, 5.74) is 8.64. The van der Waals surface area contributed by atoms with Gasteiger partial charge in [-0.05, 0) is 62.2 Å². The molecule has 9 nitrogen and oxygen atoms in total. The second-order valence-corrected chi connectivity index (χ2v) is 9.06. The van der Waals surface area contributed by atoms with Crippen molar-refractivity contribution in [1.82, 2.24) is 20.8 Å². The number of hydrogen-bond donors (Lipinski definition) is 2. The highest BCUT2D eigenvalue weighted by Crippen LogP contribution is 2.22. The van der Waals surface area contributed by atoms with Crippen LogP contribution in [0.25, 0.3) is 11.0 Å². The maximum atomic E-state index is 12.4. The van der Waals surface area contributed by atoms with E-state index in [4.69, 9.17) is 9.15 Å². The van der Waals surface area contributed by atoms with Crippen LogP contribution in [-0.2, 0) is 10.5 Å². The van der Waals surface area contributed by atoms with Crippen molar-refractivity contribution in [3.8, 4) is 5.75 Å². The topological polar surface area (TPSA) is 123 Å². The van der Waals surface area contributed by atoms with Gasteiger partial charge < -0.3 is 9.15 Å². The van der Waals surface area contributed by atoms with Crippen molar-refractivity contribution in [2.24, 2.45) is 0 Å². The molecule has 184 valence electrons.